The van der Waals surface area contributed by atoms with E-state index in [2.05, 4.69) is 10.6 Å². The van der Waals surface area contributed by atoms with Gasteiger partial charge in [-0.1, -0.05) is 42.5 Å². The molecular formula is C21H22F3N3. The summed E-state index contributed by atoms with van der Waals surface area (Å²) in [5.74, 6) is 0.692. The average molecular weight is 373 g/mol. The number of benzene rings is 2. The van der Waals surface area contributed by atoms with E-state index in [1.165, 1.54) is 6.07 Å². The number of nitrogens with zero attached hydrogens (tertiary/aromatic N) is 1. The quantitative estimate of drug-likeness (QED) is 0.804. The Bertz CT molecular complexity index is 837. The maximum Gasteiger partial charge on any atom is 0.418 e. The first kappa shape index (κ1) is 18.0. The zero-order chi connectivity index (χ0) is 18.9. The summed E-state index contributed by atoms with van der Waals surface area (Å²) < 4.78 is 40.5. The molecule has 0 saturated carbocycles. The zero-order valence-electron chi connectivity index (χ0n) is 14.9. The van der Waals surface area contributed by atoms with Gasteiger partial charge in [-0.05, 0) is 49.5 Å². The topological polar surface area (TPSA) is 36.4 Å². The summed E-state index contributed by atoms with van der Waals surface area (Å²) in [4.78, 5) is 4.76. The first-order valence-electron chi connectivity index (χ1n) is 9.24. The third-order valence-corrected chi connectivity index (χ3v) is 5.55. The highest BCUT2D eigenvalue weighted by atomic mass is 19.4. The summed E-state index contributed by atoms with van der Waals surface area (Å²) >= 11 is 0. The number of aliphatic imine (C=N–C) groups is 1. The van der Waals surface area contributed by atoms with Crippen LogP contribution in [-0.2, 0) is 19.1 Å². The number of piperidine rings is 1. The number of rotatable bonds is 2. The van der Waals surface area contributed by atoms with Crippen molar-refractivity contribution in [3.05, 3.63) is 65.2 Å². The molecule has 0 bridgehead atoms. The van der Waals surface area contributed by atoms with Crippen LogP contribution in [-0.4, -0.2) is 18.9 Å². The molecule has 0 aliphatic carbocycles. The van der Waals surface area contributed by atoms with Gasteiger partial charge >= 0.3 is 6.18 Å². The fourth-order valence-corrected chi connectivity index (χ4v) is 4.11. The summed E-state index contributed by atoms with van der Waals surface area (Å²) in [5.41, 5.74) is 1.10. The van der Waals surface area contributed by atoms with Crippen LogP contribution in [0.25, 0.3) is 0 Å². The smallest absolute Gasteiger partial charge is 0.343 e. The van der Waals surface area contributed by atoms with Crippen LogP contribution in [0.2, 0.25) is 0 Å². The molecule has 2 aliphatic heterocycles. The van der Waals surface area contributed by atoms with Gasteiger partial charge in [0.2, 0.25) is 0 Å². The van der Waals surface area contributed by atoms with Crippen LogP contribution in [0.5, 0.6) is 0 Å². The molecule has 27 heavy (non-hydrogen) atoms. The maximum absolute atomic E-state index is 13.5. The highest BCUT2D eigenvalue weighted by Gasteiger charge is 2.44. The third kappa shape index (κ3) is 3.58. The number of para-hydroxylation sites is 1. The molecule has 6 heteroatoms. The fraction of sp³-hybridized carbons (Fsp3) is 0.381. The largest absolute Gasteiger partial charge is 0.418 e. The standard InChI is InChI=1S/C21H22F3N3/c22-21(23,24)17-8-4-7-16-13-20(9-11-25-12-10-20)19(27-18(16)17)26-14-15-5-2-1-3-6-15/h1-8,25H,9-14H2,(H,26,27). The number of fused-ring (bicyclic) bond motifs is 1. The second kappa shape index (κ2) is 7.00. The lowest BCUT2D eigenvalue weighted by Crippen LogP contribution is -2.49. The van der Waals surface area contributed by atoms with E-state index in [9.17, 15) is 13.2 Å². The van der Waals surface area contributed by atoms with Gasteiger partial charge in [-0.25, -0.2) is 0 Å². The van der Waals surface area contributed by atoms with Crippen molar-refractivity contribution < 1.29 is 13.2 Å². The van der Waals surface area contributed by atoms with Gasteiger partial charge in [0.05, 0.1) is 17.8 Å². The minimum Gasteiger partial charge on any atom is -0.343 e. The SMILES string of the molecule is FC(F)(F)c1cccc2c1NC(=NCc1ccccc1)C1(CCNCC1)C2. The summed E-state index contributed by atoms with van der Waals surface area (Å²) in [6, 6.07) is 14.2. The van der Waals surface area contributed by atoms with Gasteiger partial charge in [0, 0.05) is 5.41 Å². The van der Waals surface area contributed by atoms with Crippen LogP contribution in [0.1, 0.15) is 29.5 Å². The summed E-state index contributed by atoms with van der Waals surface area (Å²) in [6.07, 6.45) is -2.07. The second-order valence-corrected chi connectivity index (χ2v) is 7.32. The van der Waals surface area contributed by atoms with Crippen LogP contribution >= 0.6 is 0 Å². The van der Waals surface area contributed by atoms with E-state index >= 15 is 0 Å². The van der Waals surface area contributed by atoms with Gasteiger partial charge in [0.25, 0.3) is 0 Å². The van der Waals surface area contributed by atoms with Crippen molar-refractivity contribution in [1.29, 1.82) is 0 Å². The lowest BCUT2D eigenvalue weighted by atomic mass is 9.70. The van der Waals surface area contributed by atoms with Crippen molar-refractivity contribution in [2.75, 3.05) is 18.4 Å². The molecule has 2 aromatic rings. The van der Waals surface area contributed by atoms with Crippen LogP contribution in [0.15, 0.2) is 53.5 Å². The Labute approximate surface area is 156 Å². The second-order valence-electron chi connectivity index (χ2n) is 7.32. The van der Waals surface area contributed by atoms with Gasteiger partial charge in [-0.15, -0.1) is 0 Å². The first-order valence-corrected chi connectivity index (χ1v) is 9.24. The Morgan fingerprint density at radius 1 is 0.963 bits per heavy atom. The van der Waals surface area contributed by atoms with Gasteiger partial charge in [-0.2, -0.15) is 13.2 Å². The minimum atomic E-state index is -4.39. The van der Waals surface area contributed by atoms with Gasteiger partial charge in [0.1, 0.15) is 5.84 Å². The van der Waals surface area contributed by atoms with Crippen molar-refractivity contribution >= 4 is 11.5 Å². The fourth-order valence-electron chi connectivity index (χ4n) is 4.11. The van der Waals surface area contributed by atoms with Crippen LogP contribution in [0.4, 0.5) is 18.9 Å². The van der Waals surface area contributed by atoms with Crippen LogP contribution in [0, 0.1) is 5.41 Å². The van der Waals surface area contributed by atoms with E-state index in [4.69, 9.17) is 4.99 Å². The molecular weight excluding hydrogens is 351 g/mol. The molecule has 0 unspecified atom stereocenters. The number of amidine groups is 1. The highest BCUT2D eigenvalue weighted by Crippen LogP contribution is 2.45. The van der Waals surface area contributed by atoms with E-state index in [-0.39, 0.29) is 11.1 Å². The van der Waals surface area contributed by atoms with Crippen molar-refractivity contribution in [2.24, 2.45) is 10.4 Å². The van der Waals surface area contributed by atoms with Crippen molar-refractivity contribution in [1.82, 2.24) is 5.32 Å². The summed E-state index contributed by atoms with van der Waals surface area (Å²) in [6.45, 7) is 2.16. The third-order valence-electron chi connectivity index (χ3n) is 5.55. The molecule has 1 saturated heterocycles. The molecule has 0 amide bonds. The predicted octanol–water partition coefficient (Wildman–Crippen LogP) is 4.64. The molecule has 0 atom stereocenters. The number of anilines is 1. The van der Waals surface area contributed by atoms with Gasteiger partial charge in [0.15, 0.2) is 0 Å². The van der Waals surface area contributed by atoms with E-state index in [1.54, 1.807) is 6.07 Å². The van der Waals surface area contributed by atoms with E-state index < -0.39 is 11.7 Å². The average Bonchev–Trinajstić information content (AvgIpc) is 2.66. The van der Waals surface area contributed by atoms with E-state index in [1.807, 2.05) is 30.3 Å². The number of halogens is 3. The van der Waals surface area contributed by atoms with Gasteiger partial charge < -0.3 is 10.6 Å². The molecule has 2 aromatic carbocycles. The number of hydrogen-bond donors (Lipinski definition) is 2. The van der Waals surface area contributed by atoms with Gasteiger partial charge in [-0.3, -0.25) is 4.99 Å². The molecule has 4 rings (SSSR count). The first-order chi connectivity index (χ1) is 13.0. The Morgan fingerprint density at radius 2 is 1.70 bits per heavy atom. The summed E-state index contributed by atoms with van der Waals surface area (Å²) in [7, 11) is 0. The molecule has 2 N–H and O–H groups in total. The van der Waals surface area contributed by atoms with Crippen LogP contribution in [0.3, 0.4) is 0 Å². The monoisotopic (exact) mass is 373 g/mol. The Balaban J connectivity index is 1.74. The molecule has 0 radical (unpaired) electrons. The Morgan fingerprint density at radius 3 is 2.41 bits per heavy atom. The minimum absolute atomic E-state index is 0.168. The van der Waals surface area contributed by atoms with Crippen molar-refractivity contribution in [3.63, 3.8) is 0 Å². The Kier molecular flexibility index (Phi) is 4.68. The molecule has 3 nitrogen and oxygen atoms in total. The highest BCUT2D eigenvalue weighted by molar-refractivity contribution is 6.03. The molecule has 2 heterocycles. The number of nitrogens with one attached hydrogen (secondary N) is 2. The van der Waals surface area contributed by atoms with Crippen molar-refractivity contribution in [2.45, 2.75) is 32.0 Å². The lowest BCUT2D eigenvalue weighted by Gasteiger charge is -2.43. The summed E-state index contributed by atoms with van der Waals surface area (Å²) in [5, 5.41) is 6.45. The zero-order valence-corrected chi connectivity index (χ0v) is 14.9. The van der Waals surface area contributed by atoms with Crippen LogP contribution < -0.4 is 10.6 Å². The number of hydrogen-bond acceptors (Lipinski definition) is 2. The Hall–Kier alpha value is -2.34. The predicted molar refractivity (Wildman–Crippen MR) is 101 cm³/mol. The van der Waals surface area contributed by atoms with E-state index in [0.717, 1.165) is 43.1 Å². The normalized spacial score (nSPS) is 20.3. The molecule has 0 aromatic heterocycles. The number of alkyl halides is 3. The molecule has 1 spiro atoms. The molecule has 1 fully saturated rings. The maximum atomic E-state index is 13.5. The lowest BCUT2D eigenvalue weighted by molar-refractivity contribution is -0.137. The molecule has 142 valence electrons. The van der Waals surface area contributed by atoms with E-state index in [0.29, 0.717) is 18.8 Å². The molecule has 2 aliphatic rings. The van der Waals surface area contributed by atoms with Crippen molar-refractivity contribution in [3.8, 4) is 0 Å².